The number of aliphatic hydroxyl groups excluding tert-OH is 1. The Morgan fingerprint density at radius 1 is 1.08 bits per heavy atom. The van der Waals surface area contributed by atoms with E-state index >= 15 is 0 Å². The summed E-state index contributed by atoms with van der Waals surface area (Å²) in [4.78, 5) is 4.62. The molecule has 0 saturated carbocycles. The molecular formula is C30H57NO3SSi2. The van der Waals surface area contributed by atoms with Crippen LogP contribution in [0.15, 0.2) is 22.6 Å². The molecule has 0 aliphatic heterocycles. The van der Waals surface area contributed by atoms with Crippen molar-refractivity contribution in [3.8, 4) is 0 Å². The van der Waals surface area contributed by atoms with Crippen LogP contribution in [0.25, 0.3) is 6.08 Å². The summed E-state index contributed by atoms with van der Waals surface area (Å²) in [7, 11) is -3.67. The molecule has 2 atom stereocenters. The van der Waals surface area contributed by atoms with Crippen molar-refractivity contribution in [3.05, 3.63) is 33.3 Å². The van der Waals surface area contributed by atoms with Gasteiger partial charge >= 0.3 is 0 Å². The van der Waals surface area contributed by atoms with Gasteiger partial charge in [-0.3, -0.25) is 0 Å². The van der Waals surface area contributed by atoms with Gasteiger partial charge in [0.2, 0.25) is 0 Å². The molecule has 1 heterocycles. The molecule has 0 unspecified atom stereocenters. The molecule has 0 spiro atoms. The topological polar surface area (TPSA) is 51.6 Å². The first-order valence-electron chi connectivity index (χ1n) is 14.0. The maximum absolute atomic E-state index is 10.1. The van der Waals surface area contributed by atoms with Gasteiger partial charge in [-0.15, -0.1) is 11.3 Å². The van der Waals surface area contributed by atoms with Crippen LogP contribution >= 0.6 is 11.3 Å². The fourth-order valence-electron chi connectivity index (χ4n) is 3.48. The molecule has 1 aromatic rings. The average Bonchev–Trinajstić information content (AvgIpc) is 3.16. The van der Waals surface area contributed by atoms with E-state index in [4.69, 9.17) is 8.85 Å². The SMILES string of the molecule is C/C(=C\c1csc(C)n1)[C@H](C/C=C(\CO)CCC[C@H](C)CO[Si](C)(C)C(C)(C)C)O[Si](C)(C)C(C)(C)C. The number of aliphatic hydroxyl groups is 1. The summed E-state index contributed by atoms with van der Waals surface area (Å²) in [5, 5.41) is 13.7. The minimum atomic E-state index is -1.96. The monoisotopic (exact) mass is 567 g/mol. The van der Waals surface area contributed by atoms with Gasteiger partial charge in [-0.25, -0.2) is 4.98 Å². The van der Waals surface area contributed by atoms with Gasteiger partial charge in [0.05, 0.1) is 23.4 Å². The van der Waals surface area contributed by atoms with E-state index in [0.717, 1.165) is 48.6 Å². The van der Waals surface area contributed by atoms with Crippen molar-refractivity contribution in [3.63, 3.8) is 0 Å². The van der Waals surface area contributed by atoms with Crippen molar-refractivity contribution in [1.82, 2.24) is 4.98 Å². The minimum absolute atomic E-state index is 0.0126. The number of thiazole rings is 1. The van der Waals surface area contributed by atoms with Crippen LogP contribution in [0.4, 0.5) is 0 Å². The number of aromatic nitrogens is 1. The third-order valence-corrected chi connectivity index (χ3v) is 18.1. The Bertz CT molecular complexity index is 891. The van der Waals surface area contributed by atoms with Crippen LogP contribution in [0.2, 0.25) is 36.3 Å². The van der Waals surface area contributed by atoms with Crippen LogP contribution in [-0.2, 0) is 8.85 Å². The summed E-state index contributed by atoms with van der Waals surface area (Å²) in [6, 6.07) is 0. The van der Waals surface area contributed by atoms with E-state index in [-0.39, 0.29) is 22.8 Å². The van der Waals surface area contributed by atoms with Crippen LogP contribution in [0.1, 0.15) is 91.8 Å². The first kappa shape index (κ1) is 34.5. The van der Waals surface area contributed by atoms with E-state index in [1.165, 1.54) is 5.57 Å². The fourth-order valence-corrected chi connectivity index (χ4v) is 6.53. The highest BCUT2D eigenvalue weighted by Gasteiger charge is 2.39. The smallest absolute Gasteiger partial charge is 0.192 e. The molecule has 1 aromatic heterocycles. The van der Waals surface area contributed by atoms with Gasteiger partial charge in [-0.05, 0) is 98.9 Å². The highest BCUT2D eigenvalue weighted by atomic mass is 32.1. The molecule has 0 fully saturated rings. The van der Waals surface area contributed by atoms with Crippen molar-refractivity contribution in [2.24, 2.45) is 5.92 Å². The van der Waals surface area contributed by atoms with E-state index in [9.17, 15) is 5.11 Å². The molecule has 0 saturated heterocycles. The van der Waals surface area contributed by atoms with Crippen LogP contribution < -0.4 is 0 Å². The summed E-state index contributed by atoms with van der Waals surface area (Å²) in [6.07, 6.45) is 8.24. The molecule has 0 aliphatic carbocycles. The van der Waals surface area contributed by atoms with Gasteiger partial charge < -0.3 is 14.0 Å². The van der Waals surface area contributed by atoms with Crippen molar-refractivity contribution in [2.45, 2.75) is 130 Å². The highest BCUT2D eigenvalue weighted by Crippen LogP contribution is 2.39. The Labute approximate surface area is 235 Å². The molecule has 0 aromatic carbocycles. The molecule has 0 bridgehead atoms. The number of aryl methyl sites for hydroxylation is 1. The first-order valence-corrected chi connectivity index (χ1v) is 20.7. The Morgan fingerprint density at radius 2 is 1.68 bits per heavy atom. The second kappa shape index (κ2) is 14.2. The zero-order valence-electron chi connectivity index (χ0n) is 26.2. The number of nitrogens with zero attached hydrogens (tertiary/aromatic N) is 1. The normalized spacial score (nSPS) is 16.3. The average molecular weight is 568 g/mol. The van der Waals surface area contributed by atoms with Gasteiger partial charge in [0.25, 0.3) is 0 Å². The lowest BCUT2D eigenvalue weighted by Gasteiger charge is -2.39. The number of rotatable bonds is 14. The number of hydrogen-bond donors (Lipinski definition) is 1. The summed E-state index contributed by atoms with van der Waals surface area (Å²) in [5.74, 6) is 0.524. The van der Waals surface area contributed by atoms with E-state index in [1.807, 2.05) is 6.92 Å². The van der Waals surface area contributed by atoms with Gasteiger partial charge in [0.1, 0.15) is 0 Å². The predicted octanol–water partition coefficient (Wildman–Crippen LogP) is 9.38. The summed E-state index contributed by atoms with van der Waals surface area (Å²) in [5.41, 5.74) is 3.31. The Balaban J connectivity index is 2.85. The summed E-state index contributed by atoms with van der Waals surface area (Å²) >= 11 is 1.67. The maximum Gasteiger partial charge on any atom is 0.192 e. The summed E-state index contributed by atoms with van der Waals surface area (Å²) in [6.45, 7) is 30.4. The maximum atomic E-state index is 10.1. The van der Waals surface area contributed by atoms with E-state index < -0.39 is 16.6 Å². The van der Waals surface area contributed by atoms with Crippen LogP contribution in [0, 0.1) is 12.8 Å². The third-order valence-electron chi connectivity index (χ3n) is 8.32. The lowest BCUT2D eigenvalue weighted by molar-refractivity contribution is 0.216. The molecule has 4 nitrogen and oxygen atoms in total. The number of hydrogen-bond acceptors (Lipinski definition) is 5. The van der Waals surface area contributed by atoms with Crippen molar-refractivity contribution < 1.29 is 14.0 Å². The quantitative estimate of drug-likeness (QED) is 0.180. The zero-order valence-corrected chi connectivity index (χ0v) is 29.1. The minimum Gasteiger partial charge on any atom is -0.417 e. The van der Waals surface area contributed by atoms with E-state index in [0.29, 0.717) is 5.92 Å². The second-order valence-corrected chi connectivity index (χ2v) is 24.5. The predicted molar refractivity (Wildman–Crippen MR) is 169 cm³/mol. The van der Waals surface area contributed by atoms with Gasteiger partial charge in [-0.1, -0.05) is 54.5 Å². The highest BCUT2D eigenvalue weighted by molar-refractivity contribution is 7.09. The molecule has 37 heavy (non-hydrogen) atoms. The van der Waals surface area contributed by atoms with Gasteiger partial charge in [-0.2, -0.15) is 0 Å². The van der Waals surface area contributed by atoms with Crippen LogP contribution in [0.5, 0.6) is 0 Å². The van der Waals surface area contributed by atoms with Crippen molar-refractivity contribution in [2.75, 3.05) is 13.2 Å². The molecule has 1 rings (SSSR count). The van der Waals surface area contributed by atoms with Crippen LogP contribution in [0.3, 0.4) is 0 Å². The Hall–Kier alpha value is -0.576. The van der Waals surface area contributed by atoms with Crippen molar-refractivity contribution >= 4 is 34.0 Å². The Morgan fingerprint density at radius 3 is 2.16 bits per heavy atom. The molecular weight excluding hydrogens is 511 g/mol. The van der Waals surface area contributed by atoms with Crippen molar-refractivity contribution in [1.29, 1.82) is 0 Å². The first-order chi connectivity index (χ1) is 16.8. The molecule has 0 radical (unpaired) electrons. The molecule has 7 heteroatoms. The lowest BCUT2D eigenvalue weighted by atomic mass is 10.00. The molecule has 214 valence electrons. The fraction of sp³-hybridized carbons (Fsp3) is 0.767. The van der Waals surface area contributed by atoms with E-state index in [2.05, 4.69) is 104 Å². The third kappa shape index (κ3) is 11.6. The largest absolute Gasteiger partial charge is 0.417 e. The zero-order chi connectivity index (χ0) is 28.7. The van der Waals surface area contributed by atoms with Crippen LogP contribution in [-0.4, -0.2) is 46.0 Å². The van der Waals surface area contributed by atoms with Gasteiger partial charge in [0, 0.05) is 12.0 Å². The van der Waals surface area contributed by atoms with Gasteiger partial charge in [0.15, 0.2) is 16.6 Å². The molecule has 0 amide bonds. The second-order valence-electron chi connectivity index (χ2n) is 13.9. The lowest BCUT2D eigenvalue weighted by Crippen LogP contribution is -2.44. The van der Waals surface area contributed by atoms with E-state index in [1.54, 1.807) is 11.3 Å². The summed E-state index contributed by atoms with van der Waals surface area (Å²) < 4.78 is 13.3. The Kier molecular flexibility index (Phi) is 13.2. The standard InChI is InChI=1S/C30H57NO3SSi2/c1-23(21-33-36(10,11)29(4,5)6)15-14-16-26(20-32)17-18-28(34-37(12,13)30(7,8)9)24(2)19-27-22-35-25(3)31-27/h17,19,22-23,28,32H,14-16,18,20-21H2,1-13H3/b24-19+,26-17-/t23-,28-/m0/s1. The molecule has 1 N–H and O–H groups in total. The molecule has 0 aliphatic rings.